The normalized spacial score (nSPS) is 9.57. The van der Waals surface area contributed by atoms with E-state index in [9.17, 15) is 4.79 Å². The van der Waals surface area contributed by atoms with Crippen LogP contribution >= 0.6 is 0 Å². The third-order valence-corrected chi connectivity index (χ3v) is 1.75. The van der Waals surface area contributed by atoms with Gasteiger partial charge in [0.15, 0.2) is 0 Å². The molecule has 0 aliphatic carbocycles. The Labute approximate surface area is 82.6 Å². The minimum Gasteiger partial charge on any atom is -0.496 e. The highest BCUT2D eigenvalue weighted by atomic mass is 16.5. The smallest absolute Gasteiger partial charge is 0.252 e. The lowest BCUT2D eigenvalue weighted by atomic mass is 10.2. The predicted octanol–water partition coefficient (Wildman–Crippen LogP) is 1.19. The Bertz CT molecular complexity index is 336. The second-order valence-corrected chi connectivity index (χ2v) is 2.66. The Morgan fingerprint density at radius 1 is 1.50 bits per heavy atom. The number of methoxy groups -OCH3 is 1. The lowest BCUT2D eigenvalue weighted by Gasteiger charge is -2.08. The Hall–Kier alpha value is -1.71. The number of amides is 1. The van der Waals surface area contributed by atoms with E-state index < -0.39 is 5.91 Å². The standard InChI is InChI=1S/C10H13NO3/c1-3-14-7-4-5-8(10(11)12)9(6-7)13-2/h4-6H,3H2,1-2H3,(H2,11,12). The Balaban J connectivity index is 3.05. The van der Waals surface area contributed by atoms with E-state index in [4.69, 9.17) is 15.2 Å². The zero-order chi connectivity index (χ0) is 10.6. The molecular weight excluding hydrogens is 182 g/mol. The summed E-state index contributed by atoms with van der Waals surface area (Å²) in [5.74, 6) is 0.586. The molecule has 4 nitrogen and oxygen atoms in total. The molecule has 0 radical (unpaired) electrons. The first-order valence-corrected chi connectivity index (χ1v) is 4.29. The highest BCUT2D eigenvalue weighted by Crippen LogP contribution is 2.24. The number of carbonyl (C=O) groups excluding carboxylic acids is 1. The molecule has 0 saturated carbocycles. The predicted molar refractivity (Wildman–Crippen MR) is 52.7 cm³/mol. The molecule has 0 heterocycles. The summed E-state index contributed by atoms with van der Waals surface area (Å²) >= 11 is 0. The average molecular weight is 195 g/mol. The van der Waals surface area contributed by atoms with Crippen LogP contribution in [-0.2, 0) is 0 Å². The highest BCUT2D eigenvalue weighted by Gasteiger charge is 2.09. The minimum atomic E-state index is -0.509. The average Bonchev–Trinajstić information content (AvgIpc) is 2.17. The lowest BCUT2D eigenvalue weighted by molar-refractivity contribution is 0.0997. The largest absolute Gasteiger partial charge is 0.496 e. The van der Waals surface area contributed by atoms with Gasteiger partial charge in [0.2, 0.25) is 0 Å². The molecule has 1 amide bonds. The van der Waals surface area contributed by atoms with Crippen molar-refractivity contribution in [3.8, 4) is 11.5 Å². The molecule has 0 bridgehead atoms. The molecule has 1 aromatic carbocycles. The van der Waals surface area contributed by atoms with E-state index >= 15 is 0 Å². The Kier molecular flexibility index (Phi) is 3.34. The van der Waals surface area contributed by atoms with E-state index in [1.807, 2.05) is 6.92 Å². The number of rotatable bonds is 4. The molecule has 76 valence electrons. The monoisotopic (exact) mass is 195 g/mol. The summed E-state index contributed by atoms with van der Waals surface area (Å²) in [7, 11) is 1.48. The fraction of sp³-hybridized carbons (Fsp3) is 0.300. The van der Waals surface area contributed by atoms with Crippen LogP contribution in [0, 0.1) is 0 Å². The SMILES string of the molecule is CCOc1ccc(C(N)=O)c(OC)c1. The van der Waals surface area contributed by atoms with Crippen molar-refractivity contribution in [3.05, 3.63) is 23.8 Å². The van der Waals surface area contributed by atoms with Crippen LogP contribution < -0.4 is 15.2 Å². The third-order valence-electron chi connectivity index (χ3n) is 1.75. The number of hydrogen-bond acceptors (Lipinski definition) is 3. The van der Waals surface area contributed by atoms with E-state index in [1.165, 1.54) is 7.11 Å². The molecule has 0 fully saturated rings. The second-order valence-electron chi connectivity index (χ2n) is 2.66. The molecule has 0 spiro atoms. The molecule has 1 aromatic rings. The van der Waals surface area contributed by atoms with Gasteiger partial charge in [-0.2, -0.15) is 0 Å². The fourth-order valence-electron chi connectivity index (χ4n) is 1.13. The maximum absolute atomic E-state index is 11.0. The van der Waals surface area contributed by atoms with E-state index in [0.29, 0.717) is 23.7 Å². The highest BCUT2D eigenvalue weighted by molar-refractivity contribution is 5.95. The fourth-order valence-corrected chi connectivity index (χ4v) is 1.13. The summed E-state index contributed by atoms with van der Waals surface area (Å²) in [6, 6.07) is 4.92. The Morgan fingerprint density at radius 2 is 2.21 bits per heavy atom. The van der Waals surface area contributed by atoms with Crippen LogP contribution in [-0.4, -0.2) is 19.6 Å². The van der Waals surface area contributed by atoms with Gasteiger partial charge in [0.1, 0.15) is 11.5 Å². The number of primary amides is 1. The van der Waals surface area contributed by atoms with Gasteiger partial charge >= 0.3 is 0 Å². The molecule has 1 rings (SSSR count). The maximum atomic E-state index is 11.0. The first-order chi connectivity index (χ1) is 6.69. The molecule has 0 unspecified atom stereocenters. The van der Waals surface area contributed by atoms with Gasteiger partial charge in [0.05, 0.1) is 19.3 Å². The number of benzene rings is 1. The molecule has 14 heavy (non-hydrogen) atoms. The molecule has 2 N–H and O–H groups in total. The summed E-state index contributed by atoms with van der Waals surface area (Å²) < 4.78 is 10.3. The van der Waals surface area contributed by atoms with Gasteiger partial charge in [-0.15, -0.1) is 0 Å². The summed E-state index contributed by atoms with van der Waals surface area (Å²) in [6.45, 7) is 2.45. The van der Waals surface area contributed by atoms with Crippen LogP contribution in [0.15, 0.2) is 18.2 Å². The number of ether oxygens (including phenoxy) is 2. The molecular formula is C10H13NO3. The third kappa shape index (κ3) is 2.16. The van der Waals surface area contributed by atoms with E-state index in [0.717, 1.165) is 0 Å². The first-order valence-electron chi connectivity index (χ1n) is 4.29. The molecule has 0 aliphatic heterocycles. The Morgan fingerprint density at radius 3 is 2.71 bits per heavy atom. The molecule has 4 heteroatoms. The van der Waals surface area contributed by atoms with Gasteiger partial charge < -0.3 is 15.2 Å². The van der Waals surface area contributed by atoms with Gasteiger partial charge in [-0.25, -0.2) is 0 Å². The van der Waals surface area contributed by atoms with Gasteiger partial charge in [0, 0.05) is 6.07 Å². The molecule has 0 atom stereocenters. The molecule has 0 saturated heterocycles. The topological polar surface area (TPSA) is 61.5 Å². The van der Waals surface area contributed by atoms with E-state index in [1.54, 1.807) is 18.2 Å². The van der Waals surface area contributed by atoms with Gasteiger partial charge in [0.25, 0.3) is 5.91 Å². The van der Waals surface area contributed by atoms with Crippen LogP contribution in [0.5, 0.6) is 11.5 Å². The summed E-state index contributed by atoms with van der Waals surface area (Å²) in [4.78, 5) is 11.0. The lowest BCUT2D eigenvalue weighted by Crippen LogP contribution is -2.12. The zero-order valence-electron chi connectivity index (χ0n) is 8.24. The molecule has 0 aromatic heterocycles. The summed E-state index contributed by atoms with van der Waals surface area (Å²) in [5, 5.41) is 0. The van der Waals surface area contributed by atoms with Gasteiger partial charge in [-0.1, -0.05) is 0 Å². The number of carbonyl (C=O) groups is 1. The van der Waals surface area contributed by atoms with E-state index in [-0.39, 0.29) is 0 Å². The van der Waals surface area contributed by atoms with Crippen LogP contribution in [0.2, 0.25) is 0 Å². The maximum Gasteiger partial charge on any atom is 0.252 e. The van der Waals surface area contributed by atoms with Crippen molar-refractivity contribution in [3.63, 3.8) is 0 Å². The van der Waals surface area contributed by atoms with Crippen molar-refractivity contribution >= 4 is 5.91 Å². The van der Waals surface area contributed by atoms with Crippen LogP contribution in [0.1, 0.15) is 17.3 Å². The van der Waals surface area contributed by atoms with Crippen molar-refractivity contribution in [1.29, 1.82) is 0 Å². The zero-order valence-corrected chi connectivity index (χ0v) is 8.24. The minimum absolute atomic E-state index is 0.357. The molecule has 0 aliphatic rings. The van der Waals surface area contributed by atoms with Crippen LogP contribution in [0.25, 0.3) is 0 Å². The number of nitrogens with two attached hydrogens (primary N) is 1. The second kappa shape index (κ2) is 4.50. The number of hydrogen-bond donors (Lipinski definition) is 1. The van der Waals surface area contributed by atoms with E-state index in [2.05, 4.69) is 0 Å². The van der Waals surface area contributed by atoms with Crippen molar-refractivity contribution in [2.24, 2.45) is 5.73 Å². The van der Waals surface area contributed by atoms with Crippen molar-refractivity contribution in [2.75, 3.05) is 13.7 Å². The van der Waals surface area contributed by atoms with Crippen molar-refractivity contribution in [2.45, 2.75) is 6.92 Å². The quantitative estimate of drug-likeness (QED) is 0.785. The van der Waals surface area contributed by atoms with Gasteiger partial charge in [-0.3, -0.25) is 4.79 Å². The van der Waals surface area contributed by atoms with Crippen LogP contribution in [0.3, 0.4) is 0 Å². The van der Waals surface area contributed by atoms with Crippen LogP contribution in [0.4, 0.5) is 0 Å². The van der Waals surface area contributed by atoms with Crippen molar-refractivity contribution in [1.82, 2.24) is 0 Å². The first kappa shape index (κ1) is 10.4. The van der Waals surface area contributed by atoms with Crippen molar-refractivity contribution < 1.29 is 14.3 Å². The summed E-state index contributed by atoms with van der Waals surface area (Å²) in [6.07, 6.45) is 0. The summed E-state index contributed by atoms with van der Waals surface area (Å²) in [5.41, 5.74) is 5.51. The van der Waals surface area contributed by atoms with Gasteiger partial charge in [-0.05, 0) is 19.1 Å².